The maximum atomic E-state index is 13.5. The lowest BCUT2D eigenvalue weighted by Gasteiger charge is -2.14. The number of rotatable bonds is 13. The molecule has 0 radical (unpaired) electrons. The van der Waals surface area contributed by atoms with E-state index >= 15 is 0 Å². The quantitative estimate of drug-likeness (QED) is 0.0600. The van der Waals surface area contributed by atoms with Crippen LogP contribution in [0.4, 0.5) is 11.4 Å². The van der Waals surface area contributed by atoms with Crippen molar-refractivity contribution in [3.8, 4) is 5.75 Å². The second kappa shape index (κ2) is 15.6. The van der Waals surface area contributed by atoms with Crippen LogP contribution in [0.1, 0.15) is 42.6 Å². The van der Waals surface area contributed by atoms with Gasteiger partial charge in [-0.3, -0.25) is 14.4 Å². The van der Waals surface area contributed by atoms with E-state index in [0.717, 1.165) is 40.0 Å². The van der Waals surface area contributed by atoms with Crippen molar-refractivity contribution in [2.24, 2.45) is 0 Å². The lowest BCUT2D eigenvalue weighted by molar-refractivity contribution is -0.115. The average Bonchev–Trinajstić information content (AvgIpc) is 3.49. The highest BCUT2D eigenvalue weighted by molar-refractivity contribution is 8.00. The Kier molecular flexibility index (Phi) is 10.9. The van der Waals surface area contributed by atoms with Gasteiger partial charge in [0.15, 0.2) is 0 Å². The van der Waals surface area contributed by atoms with Gasteiger partial charge in [-0.25, -0.2) is 0 Å². The van der Waals surface area contributed by atoms with Gasteiger partial charge in [0, 0.05) is 44.5 Å². The van der Waals surface area contributed by atoms with E-state index in [-0.39, 0.29) is 16.9 Å². The molecule has 46 heavy (non-hydrogen) atoms. The molecule has 8 nitrogen and oxygen atoms in total. The molecule has 1 atom stereocenters. The summed E-state index contributed by atoms with van der Waals surface area (Å²) in [6, 6.07) is 31.1. The van der Waals surface area contributed by atoms with E-state index in [9.17, 15) is 14.4 Å². The molecule has 0 aliphatic carbocycles. The van der Waals surface area contributed by atoms with Crippen molar-refractivity contribution in [1.29, 1.82) is 0 Å². The first kappa shape index (κ1) is 32.1. The molecule has 5 aromatic rings. The number of para-hydroxylation sites is 1. The van der Waals surface area contributed by atoms with Gasteiger partial charge in [-0.05, 0) is 86.2 Å². The molecule has 0 bridgehead atoms. The zero-order valence-corrected chi connectivity index (χ0v) is 26.5. The molecular weight excluding hydrogens is 596 g/mol. The van der Waals surface area contributed by atoms with Crippen LogP contribution < -0.4 is 20.7 Å². The second-order valence-electron chi connectivity index (χ2n) is 10.6. The van der Waals surface area contributed by atoms with E-state index in [1.54, 1.807) is 48.7 Å². The minimum Gasteiger partial charge on any atom is -0.494 e. The van der Waals surface area contributed by atoms with Crippen molar-refractivity contribution in [2.75, 3.05) is 17.2 Å². The van der Waals surface area contributed by atoms with Crippen molar-refractivity contribution in [2.45, 2.75) is 36.8 Å². The van der Waals surface area contributed by atoms with Gasteiger partial charge in [0.05, 0.1) is 11.9 Å². The normalized spacial score (nSPS) is 11.9. The smallest absolute Gasteiger partial charge is 0.272 e. The van der Waals surface area contributed by atoms with Crippen LogP contribution in [0.3, 0.4) is 0 Å². The first-order chi connectivity index (χ1) is 22.4. The largest absolute Gasteiger partial charge is 0.494 e. The lowest BCUT2D eigenvalue weighted by atomic mass is 10.1. The summed E-state index contributed by atoms with van der Waals surface area (Å²) in [6.07, 6.45) is 5.53. The van der Waals surface area contributed by atoms with Crippen LogP contribution >= 0.6 is 11.8 Å². The van der Waals surface area contributed by atoms with E-state index in [0.29, 0.717) is 23.5 Å². The summed E-state index contributed by atoms with van der Waals surface area (Å²) < 4.78 is 5.69. The molecule has 3 amide bonds. The number of benzene rings is 4. The maximum absolute atomic E-state index is 13.5. The van der Waals surface area contributed by atoms with Crippen LogP contribution in [0.25, 0.3) is 17.0 Å². The third kappa shape index (κ3) is 8.67. The third-order valence-electron chi connectivity index (χ3n) is 7.13. The molecule has 4 N–H and O–H groups in total. The van der Waals surface area contributed by atoms with Crippen LogP contribution in [0.5, 0.6) is 5.75 Å². The molecule has 0 fully saturated rings. The second-order valence-corrected chi connectivity index (χ2v) is 12.0. The molecule has 5 rings (SSSR count). The number of ether oxygens (including phenoxy) is 1. The predicted molar refractivity (Wildman–Crippen MR) is 186 cm³/mol. The van der Waals surface area contributed by atoms with Crippen LogP contribution in [0.2, 0.25) is 0 Å². The van der Waals surface area contributed by atoms with Crippen molar-refractivity contribution < 1.29 is 19.1 Å². The predicted octanol–water partition coefficient (Wildman–Crippen LogP) is 7.88. The van der Waals surface area contributed by atoms with Gasteiger partial charge in [0.25, 0.3) is 11.8 Å². The molecule has 1 heterocycles. The molecule has 234 valence electrons. The minimum atomic E-state index is -0.468. The topological polar surface area (TPSA) is 112 Å². The summed E-state index contributed by atoms with van der Waals surface area (Å²) >= 11 is 1.41. The number of nitrogens with one attached hydrogen (secondary N) is 4. The monoisotopic (exact) mass is 632 g/mol. The van der Waals surface area contributed by atoms with Crippen molar-refractivity contribution >= 4 is 57.8 Å². The number of hydrogen-bond acceptors (Lipinski definition) is 5. The minimum absolute atomic E-state index is 0.0999. The van der Waals surface area contributed by atoms with Crippen molar-refractivity contribution in [1.82, 2.24) is 10.3 Å². The molecule has 0 saturated carbocycles. The van der Waals surface area contributed by atoms with Gasteiger partial charge < -0.3 is 25.7 Å². The number of amides is 3. The number of thioether (sulfide) groups is 1. The number of fused-ring (bicyclic) bond motifs is 1. The Morgan fingerprint density at radius 1 is 0.848 bits per heavy atom. The Hall–Kier alpha value is -5.28. The molecule has 4 aromatic carbocycles. The Balaban J connectivity index is 1.22. The molecule has 1 unspecified atom stereocenters. The van der Waals surface area contributed by atoms with Gasteiger partial charge in [-0.1, -0.05) is 49.7 Å². The van der Waals surface area contributed by atoms with E-state index in [1.807, 2.05) is 73.7 Å². The summed E-state index contributed by atoms with van der Waals surface area (Å²) in [5, 5.41) is 9.18. The Morgan fingerprint density at radius 2 is 1.52 bits per heavy atom. The van der Waals surface area contributed by atoms with E-state index in [1.165, 1.54) is 11.8 Å². The highest BCUT2D eigenvalue weighted by Crippen LogP contribution is 2.27. The van der Waals surface area contributed by atoms with Gasteiger partial charge in [-0.15, -0.1) is 11.8 Å². The number of carbonyl (C=O) groups is 3. The van der Waals surface area contributed by atoms with Crippen molar-refractivity contribution in [3.05, 3.63) is 126 Å². The number of carbonyl (C=O) groups excluding carboxylic acids is 3. The average molecular weight is 633 g/mol. The van der Waals surface area contributed by atoms with Crippen LogP contribution in [0, 0.1) is 0 Å². The summed E-state index contributed by atoms with van der Waals surface area (Å²) in [6.45, 7) is 4.63. The number of aromatic amines is 1. The highest BCUT2D eigenvalue weighted by atomic mass is 32.2. The first-order valence-electron chi connectivity index (χ1n) is 15.2. The fourth-order valence-corrected chi connectivity index (χ4v) is 5.46. The van der Waals surface area contributed by atoms with Gasteiger partial charge in [0.1, 0.15) is 11.4 Å². The number of hydrogen-bond donors (Lipinski definition) is 4. The Morgan fingerprint density at radius 3 is 2.26 bits per heavy atom. The van der Waals surface area contributed by atoms with Crippen molar-refractivity contribution in [3.63, 3.8) is 0 Å². The van der Waals surface area contributed by atoms with E-state index < -0.39 is 11.8 Å². The molecule has 1 aromatic heterocycles. The molecule has 0 aliphatic rings. The van der Waals surface area contributed by atoms with E-state index in [2.05, 4.69) is 27.9 Å². The molecule has 0 saturated heterocycles. The highest BCUT2D eigenvalue weighted by Gasteiger charge is 2.18. The Labute approximate surface area is 272 Å². The Bertz CT molecular complexity index is 1820. The lowest BCUT2D eigenvalue weighted by Crippen LogP contribution is -2.30. The van der Waals surface area contributed by atoms with Gasteiger partial charge >= 0.3 is 0 Å². The summed E-state index contributed by atoms with van der Waals surface area (Å²) in [5.41, 5.74) is 3.48. The number of H-pyrrole nitrogens is 1. The summed E-state index contributed by atoms with van der Waals surface area (Å²) in [7, 11) is 0. The fraction of sp³-hybridized carbons (Fsp3) is 0.162. The van der Waals surface area contributed by atoms with Crippen LogP contribution in [-0.4, -0.2) is 34.6 Å². The van der Waals surface area contributed by atoms with Gasteiger partial charge in [0.2, 0.25) is 5.91 Å². The number of aromatic nitrogens is 1. The van der Waals surface area contributed by atoms with Crippen LogP contribution in [-0.2, 0) is 9.59 Å². The molecule has 0 aliphatic heterocycles. The fourth-order valence-electron chi connectivity index (χ4n) is 4.60. The molecule has 9 heteroatoms. The van der Waals surface area contributed by atoms with E-state index in [4.69, 9.17) is 4.74 Å². The summed E-state index contributed by atoms with van der Waals surface area (Å²) in [5.74, 6) is -0.204. The third-order valence-corrected chi connectivity index (χ3v) is 8.24. The maximum Gasteiger partial charge on any atom is 0.272 e. The number of anilines is 2. The SMILES string of the molecule is CCCCOc1ccc(NC(=O)C(C)Sc2ccc(NC(=O)C(=Cc3c[nH]c4ccccc34)NC(=O)c3ccccc3)cc2)cc1. The first-order valence-corrected chi connectivity index (χ1v) is 16.0. The summed E-state index contributed by atoms with van der Waals surface area (Å²) in [4.78, 5) is 43.4. The molecular formula is C37H36N4O4S. The zero-order chi connectivity index (χ0) is 32.3. The number of unbranched alkanes of at least 4 members (excludes halogenated alkanes) is 1. The van der Waals surface area contributed by atoms with Crippen LogP contribution in [0.15, 0.2) is 120 Å². The standard InChI is InChI=1S/C37H36N4O4S/c1-3-4-22-45-30-18-14-28(15-19-30)39-35(42)25(2)46-31-20-16-29(17-21-31)40-37(44)34(41-36(43)26-10-6-5-7-11-26)23-27-24-38-33-13-9-8-12-32(27)33/h5-21,23-25,38H,3-4,22H2,1-2H3,(H,39,42)(H,40,44)(H,41,43). The van der Waals surface area contributed by atoms with Gasteiger partial charge in [-0.2, -0.15) is 0 Å². The molecule has 0 spiro atoms. The zero-order valence-electron chi connectivity index (χ0n) is 25.7.